The Balaban J connectivity index is 1.62. The predicted octanol–water partition coefficient (Wildman–Crippen LogP) is 2.63. The van der Waals surface area contributed by atoms with E-state index in [1.54, 1.807) is 18.2 Å². The molecule has 1 fully saturated rings. The van der Waals surface area contributed by atoms with Crippen LogP contribution >= 0.6 is 0 Å². The first-order valence-electron chi connectivity index (χ1n) is 8.55. The summed E-state index contributed by atoms with van der Waals surface area (Å²) >= 11 is 0. The van der Waals surface area contributed by atoms with Crippen LogP contribution in [0, 0.1) is 0 Å². The van der Waals surface area contributed by atoms with Crippen LogP contribution in [-0.2, 0) is 15.7 Å². The lowest BCUT2D eigenvalue weighted by molar-refractivity contribution is -0.141. The Hall–Kier alpha value is -2.88. The second-order valence-electron chi connectivity index (χ2n) is 6.27. The molecule has 0 unspecified atom stereocenters. The number of alkyl halides is 3. The van der Waals surface area contributed by atoms with Gasteiger partial charge in [-0.1, -0.05) is 6.07 Å². The van der Waals surface area contributed by atoms with Crippen molar-refractivity contribution in [3.05, 3.63) is 42.4 Å². The quantitative estimate of drug-likeness (QED) is 0.809. The van der Waals surface area contributed by atoms with Crippen LogP contribution in [-0.4, -0.2) is 48.7 Å². The minimum absolute atomic E-state index is 0.0213. The van der Waals surface area contributed by atoms with Gasteiger partial charge in [0.2, 0.25) is 11.8 Å². The Bertz CT molecular complexity index is 814. The van der Waals surface area contributed by atoms with E-state index in [-0.39, 0.29) is 24.4 Å². The monoisotopic (exact) mass is 396 g/mol. The van der Waals surface area contributed by atoms with Gasteiger partial charge in [0.15, 0.2) is 5.69 Å². The van der Waals surface area contributed by atoms with Crippen molar-refractivity contribution in [2.45, 2.75) is 18.6 Å². The predicted molar refractivity (Wildman–Crippen MR) is 94.2 cm³/mol. The van der Waals surface area contributed by atoms with Gasteiger partial charge in [-0.2, -0.15) is 13.2 Å². The molecule has 1 N–H and O–H groups in total. The molecule has 1 aliphatic rings. The molecular weight excluding hydrogens is 377 g/mol. The van der Waals surface area contributed by atoms with Gasteiger partial charge in [-0.15, -0.1) is 0 Å². The van der Waals surface area contributed by atoms with Crippen molar-refractivity contribution in [2.24, 2.45) is 0 Å². The topological polar surface area (TPSA) is 76.6 Å². The molecule has 1 atom stereocenters. The van der Waals surface area contributed by atoms with Crippen LogP contribution in [0.15, 0.2) is 36.7 Å². The fourth-order valence-electron chi connectivity index (χ4n) is 2.89. The highest BCUT2D eigenvalue weighted by molar-refractivity contribution is 5.77. The number of halogens is 3. The number of hydrogen-bond donors (Lipinski definition) is 1. The first kappa shape index (κ1) is 19.9. The van der Waals surface area contributed by atoms with Crippen molar-refractivity contribution in [3.8, 4) is 11.6 Å². The van der Waals surface area contributed by atoms with Gasteiger partial charge in [-0.05, 0) is 18.6 Å². The zero-order valence-electron chi connectivity index (χ0n) is 15.1. The van der Waals surface area contributed by atoms with Crippen molar-refractivity contribution >= 4 is 11.6 Å². The Labute approximate surface area is 159 Å². The number of benzene rings is 1. The van der Waals surface area contributed by atoms with Gasteiger partial charge < -0.3 is 19.7 Å². The van der Waals surface area contributed by atoms with Crippen molar-refractivity contribution in [1.29, 1.82) is 0 Å². The third-order valence-electron chi connectivity index (χ3n) is 4.15. The van der Waals surface area contributed by atoms with E-state index in [0.29, 0.717) is 18.5 Å². The van der Waals surface area contributed by atoms with E-state index in [4.69, 9.17) is 9.47 Å². The number of carbonyl (C=O) groups excluding carboxylic acids is 1. The molecule has 28 heavy (non-hydrogen) atoms. The number of aromatic nitrogens is 2. The van der Waals surface area contributed by atoms with E-state index in [9.17, 15) is 18.0 Å². The van der Waals surface area contributed by atoms with Gasteiger partial charge in [0, 0.05) is 38.0 Å². The lowest BCUT2D eigenvalue weighted by Crippen LogP contribution is -2.38. The SMILES string of the molecule is COCC(=O)N[C@H]1CCN(c2cccc(Oc3cnc(C(F)(F)F)cn3)c2)C1. The molecule has 2 aromatic rings. The smallest absolute Gasteiger partial charge is 0.434 e. The standard InChI is InChI=1S/C18H19F3N4O3/c1-27-11-16(26)24-12-5-6-25(10-12)13-3-2-4-14(7-13)28-17-9-22-15(8-23-17)18(19,20)21/h2-4,7-9,12H,5-6,10-11H2,1H3,(H,24,26)/t12-/m0/s1. The maximum absolute atomic E-state index is 12.5. The number of nitrogens with one attached hydrogen (secondary N) is 1. The molecule has 3 rings (SSSR count). The summed E-state index contributed by atoms with van der Waals surface area (Å²) in [6.07, 6.45) is -2.18. The molecule has 1 amide bonds. The Morgan fingerprint density at radius 3 is 2.82 bits per heavy atom. The van der Waals surface area contributed by atoms with E-state index in [0.717, 1.165) is 24.8 Å². The first-order valence-corrected chi connectivity index (χ1v) is 8.55. The van der Waals surface area contributed by atoms with Gasteiger partial charge >= 0.3 is 6.18 Å². The van der Waals surface area contributed by atoms with Crippen molar-refractivity contribution < 1.29 is 27.4 Å². The molecule has 7 nitrogen and oxygen atoms in total. The van der Waals surface area contributed by atoms with E-state index >= 15 is 0 Å². The second kappa shape index (κ2) is 8.42. The van der Waals surface area contributed by atoms with Gasteiger partial charge in [0.1, 0.15) is 12.4 Å². The maximum atomic E-state index is 12.5. The summed E-state index contributed by atoms with van der Waals surface area (Å²) in [5.41, 5.74) is -0.201. The van der Waals surface area contributed by atoms with Crippen LogP contribution in [0.25, 0.3) is 0 Å². The number of hydrogen-bond acceptors (Lipinski definition) is 6. The Kier molecular flexibility index (Phi) is 5.98. The second-order valence-corrected chi connectivity index (χ2v) is 6.27. The van der Waals surface area contributed by atoms with E-state index in [2.05, 4.69) is 20.2 Å². The number of carbonyl (C=O) groups is 1. The molecular formula is C18H19F3N4O3. The summed E-state index contributed by atoms with van der Waals surface area (Å²) in [4.78, 5) is 20.7. The lowest BCUT2D eigenvalue weighted by atomic mass is 10.2. The van der Waals surface area contributed by atoms with Gasteiger partial charge in [0.25, 0.3) is 0 Å². The average Bonchev–Trinajstić information content (AvgIpc) is 3.10. The molecule has 1 aromatic heterocycles. The number of nitrogens with zero attached hydrogens (tertiary/aromatic N) is 3. The van der Waals surface area contributed by atoms with Crippen molar-refractivity contribution in [3.63, 3.8) is 0 Å². The van der Waals surface area contributed by atoms with Crippen LogP contribution in [0.2, 0.25) is 0 Å². The number of rotatable bonds is 6. The lowest BCUT2D eigenvalue weighted by Gasteiger charge is -2.19. The third-order valence-corrected chi connectivity index (χ3v) is 4.15. The van der Waals surface area contributed by atoms with E-state index in [1.807, 2.05) is 6.07 Å². The number of methoxy groups -OCH3 is 1. The summed E-state index contributed by atoms with van der Waals surface area (Å²) in [6, 6.07) is 7.13. The zero-order valence-corrected chi connectivity index (χ0v) is 15.1. The molecule has 1 aromatic carbocycles. The summed E-state index contributed by atoms with van der Waals surface area (Å²) in [5.74, 6) is 0.238. The molecule has 0 spiro atoms. The average molecular weight is 396 g/mol. The Morgan fingerprint density at radius 2 is 2.14 bits per heavy atom. The van der Waals surface area contributed by atoms with Crippen LogP contribution in [0.1, 0.15) is 12.1 Å². The maximum Gasteiger partial charge on any atom is 0.434 e. The Morgan fingerprint density at radius 1 is 1.32 bits per heavy atom. The highest BCUT2D eigenvalue weighted by atomic mass is 19.4. The fourth-order valence-corrected chi connectivity index (χ4v) is 2.89. The normalized spacial score (nSPS) is 16.9. The van der Waals surface area contributed by atoms with Crippen LogP contribution < -0.4 is 15.0 Å². The summed E-state index contributed by atoms with van der Waals surface area (Å²) in [7, 11) is 1.47. The summed E-state index contributed by atoms with van der Waals surface area (Å²) in [5, 5.41) is 2.90. The highest BCUT2D eigenvalue weighted by Crippen LogP contribution is 2.29. The van der Waals surface area contributed by atoms with Crippen molar-refractivity contribution in [2.75, 3.05) is 31.7 Å². The molecule has 150 valence electrons. The molecule has 0 saturated carbocycles. The summed E-state index contributed by atoms with van der Waals surface area (Å²) in [6.45, 7) is 1.41. The number of anilines is 1. The van der Waals surface area contributed by atoms with Crippen LogP contribution in [0.3, 0.4) is 0 Å². The molecule has 10 heteroatoms. The van der Waals surface area contributed by atoms with Gasteiger partial charge in [0.05, 0.1) is 12.4 Å². The minimum Gasteiger partial charge on any atom is -0.437 e. The van der Waals surface area contributed by atoms with E-state index in [1.165, 1.54) is 7.11 Å². The number of ether oxygens (including phenoxy) is 2. The zero-order chi connectivity index (χ0) is 20.1. The molecule has 0 bridgehead atoms. The first-order chi connectivity index (χ1) is 13.3. The molecule has 0 aliphatic carbocycles. The van der Waals surface area contributed by atoms with Crippen LogP contribution in [0.5, 0.6) is 11.6 Å². The van der Waals surface area contributed by atoms with Crippen LogP contribution in [0.4, 0.5) is 18.9 Å². The van der Waals surface area contributed by atoms with E-state index < -0.39 is 11.9 Å². The summed E-state index contributed by atoms with van der Waals surface area (Å²) < 4.78 is 48.0. The largest absolute Gasteiger partial charge is 0.437 e. The minimum atomic E-state index is -4.55. The molecule has 1 aliphatic heterocycles. The van der Waals surface area contributed by atoms with Gasteiger partial charge in [-0.25, -0.2) is 9.97 Å². The van der Waals surface area contributed by atoms with Crippen molar-refractivity contribution in [1.82, 2.24) is 15.3 Å². The highest BCUT2D eigenvalue weighted by Gasteiger charge is 2.32. The molecule has 2 heterocycles. The molecule has 0 radical (unpaired) electrons. The molecule has 1 saturated heterocycles. The van der Waals surface area contributed by atoms with Gasteiger partial charge in [-0.3, -0.25) is 4.79 Å². The fraction of sp³-hybridized carbons (Fsp3) is 0.389. The number of amides is 1. The third kappa shape index (κ3) is 5.10.